The van der Waals surface area contributed by atoms with Crippen LogP contribution in [0, 0.1) is 5.92 Å². The van der Waals surface area contributed by atoms with Gasteiger partial charge in [0.15, 0.2) is 0 Å². The lowest BCUT2D eigenvalue weighted by Crippen LogP contribution is -2.64. The average molecular weight is 273 g/mol. The quantitative estimate of drug-likeness (QED) is 0.766. The SMILES string of the molecule is CCC1(CC)CN(CCSC)C(CC(C)C)CN1. The molecule has 3 heteroatoms. The maximum absolute atomic E-state index is 3.85. The number of nitrogens with one attached hydrogen (secondary N) is 1. The van der Waals surface area contributed by atoms with Gasteiger partial charge in [0.25, 0.3) is 0 Å². The van der Waals surface area contributed by atoms with Gasteiger partial charge < -0.3 is 5.32 Å². The van der Waals surface area contributed by atoms with Crippen LogP contribution >= 0.6 is 11.8 Å². The van der Waals surface area contributed by atoms with Gasteiger partial charge in [-0.15, -0.1) is 0 Å². The van der Waals surface area contributed by atoms with Crippen molar-refractivity contribution in [2.24, 2.45) is 5.92 Å². The zero-order valence-corrected chi connectivity index (χ0v) is 13.8. The predicted molar refractivity (Wildman–Crippen MR) is 84.5 cm³/mol. The Balaban J connectivity index is 2.65. The van der Waals surface area contributed by atoms with Gasteiger partial charge >= 0.3 is 0 Å². The highest BCUT2D eigenvalue weighted by Crippen LogP contribution is 2.25. The molecule has 18 heavy (non-hydrogen) atoms. The van der Waals surface area contributed by atoms with E-state index in [2.05, 4.69) is 44.2 Å². The smallest absolute Gasteiger partial charge is 0.0304 e. The highest BCUT2D eigenvalue weighted by Gasteiger charge is 2.36. The Bertz CT molecular complexity index is 227. The molecule has 1 N–H and O–H groups in total. The van der Waals surface area contributed by atoms with Gasteiger partial charge in [0, 0.05) is 37.0 Å². The van der Waals surface area contributed by atoms with Gasteiger partial charge in [0.05, 0.1) is 0 Å². The van der Waals surface area contributed by atoms with Gasteiger partial charge in [-0.2, -0.15) is 11.8 Å². The normalized spacial score (nSPS) is 24.7. The topological polar surface area (TPSA) is 15.3 Å². The van der Waals surface area contributed by atoms with E-state index >= 15 is 0 Å². The van der Waals surface area contributed by atoms with Crippen LogP contribution < -0.4 is 5.32 Å². The fraction of sp³-hybridized carbons (Fsp3) is 1.00. The number of hydrogen-bond acceptors (Lipinski definition) is 3. The first-order valence-electron chi connectivity index (χ1n) is 7.55. The van der Waals surface area contributed by atoms with E-state index in [1.165, 1.54) is 44.6 Å². The number of rotatable bonds is 7. The van der Waals surface area contributed by atoms with Crippen molar-refractivity contribution < 1.29 is 0 Å². The zero-order chi connectivity index (χ0) is 13.6. The van der Waals surface area contributed by atoms with Crippen molar-refractivity contribution in [3.63, 3.8) is 0 Å². The molecular formula is C15H32N2S. The third kappa shape index (κ3) is 4.43. The molecule has 2 nitrogen and oxygen atoms in total. The molecule has 1 aliphatic rings. The van der Waals surface area contributed by atoms with Crippen molar-refractivity contribution in [2.75, 3.05) is 31.6 Å². The van der Waals surface area contributed by atoms with Crippen molar-refractivity contribution in [1.82, 2.24) is 10.2 Å². The van der Waals surface area contributed by atoms with Crippen molar-refractivity contribution in [3.05, 3.63) is 0 Å². The van der Waals surface area contributed by atoms with Crippen molar-refractivity contribution in [2.45, 2.75) is 58.5 Å². The van der Waals surface area contributed by atoms with E-state index in [4.69, 9.17) is 0 Å². The lowest BCUT2D eigenvalue weighted by molar-refractivity contribution is 0.0678. The van der Waals surface area contributed by atoms with Crippen LogP contribution in [0.3, 0.4) is 0 Å². The fourth-order valence-corrected chi connectivity index (χ4v) is 3.42. The van der Waals surface area contributed by atoms with Crippen LogP contribution in [0.2, 0.25) is 0 Å². The van der Waals surface area contributed by atoms with E-state index in [9.17, 15) is 0 Å². The van der Waals surface area contributed by atoms with Crippen molar-refractivity contribution >= 4 is 11.8 Å². The van der Waals surface area contributed by atoms with E-state index in [1.807, 2.05) is 11.8 Å². The number of nitrogens with zero attached hydrogens (tertiary/aromatic N) is 1. The second-order valence-electron chi connectivity index (χ2n) is 6.11. The minimum absolute atomic E-state index is 0.367. The molecule has 0 aromatic carbocycles. The number of piperazine rings is 1. The molecular weight excluding hydrogens is 240 g/mol. The first-order valence-corrected chi connectivity index (χ1v) is 8.94. The standard InChI is InChI=1S/C15H32N2S/c1-6-15(7-2)12-17(8-9-18-5)14(11-16-15)10-13(3)4/h13-14,16H,6-12H2,1-5H3. The highest BCUT2D eigenvalue weighted by molar-refractivity contribution is 7.98. The van der Waals surface area contributed by atoms with Gasteiger partial charge in [-0.25, -0.2) is 0 Å². The molecule has 1 heterocycles. The molecule has 0 radical (unpaired) electrons. The van der Waals surface area contributed by atoms with E-state index in [0.717, 1.165) is 12.0 Å². The Morgan fingerprint density at radius 3 is 2.50 bits per heavy atom. The van der Waals surface area contributed by atoms with Crippen LogP contribution in [0.1, 0.15) is 47.0 Å². The maximum atomic E-state index is 3.85. The van der Waals surface area contributed by atoms with Crippen LogP contribution in [0.4, 0.5) is 0 Å². The number of thioether (sulfide) groups is 1. The molecule has 0 bridgehead atoms. The summed E-state index contributed by atoms with van der Waals surface area (Å²) in [6, 6.07) is 0.739. The Labute approximate surface area is 118 Å². The third-order valence-electron chi connectivity index (χ3n) is 4.41. The van der Waals surface area contributed by atoms with Crippen LogP contribution in [0.25, 0.3) is 0 Å². The molecule has 108 valence electrons. The van der Waals surface area contributed by atoms with Crippen LogP contribution in [-0.4, -0.2) is 48.1 Å². The minimum atomic E-state index is 0.367. The summed E-state index contributed by atoms with van der Waals surface area (Å²) in [6.07, 6.45) is 6.03. The molecule has 1 saturated heterocycles. The summed E-state index contributed by atoms with van der Waals surface area (Å²) >= 11 is 1.97. The molecule has 1 rings (SSSR count). The first-order chi connectivity index (χ1) is 8.56. The summed E-state index contributed by atoms with van der Waals surface area (Å²) in [7, 11) is 0. The summed E-state index contributed by atoms with van der Waals surface area (Å²) in [6.45, 7) is 13.0. The molecule has 0 aromatic heterocycles. The van der Waals surface area contributed by atoms with Crippen molar-refractivity contribution in [1.29, 1.82) is 0 Å². The lowest BCUT2D eigenvalue weighted by atomic mass is 9.87. The monoisotopic (exact) mass is 272 g/mol. The zero-order valence-electron chi connectivity index (χ0n) is 13.0. The molecule has 1 unspecified atom stereocenters. The van der Waals surface area contributed by atoms with Crippen LogP contribution in [0.15, 0.2) is 0 Å². The fourth-order valence-electron chi connectivity index (χ4n) is 3.01. The first kappa shape index (κ1) is 16.3. The second-order valence-corrected chi connectivity index (χ2v) is 7.10. The summed E-state index contributed by atoms with van der Waals surface area (Å²) in [5.74, 6) is 2.06. The van der Waals surface area contributed by atoms with E-state index in [-0.39, 0.29) is 0 Å². The van der Waals surface area contributed by atoms with E-state index < -0.39 is 0 Å². The molecule has 1 fully saturated rings. The Hall–Kier alpha value is 0.270. The predicted octanol–water partition coefficient (Wildman–Crippen LogP) is 3.23. The van der Waals surface area contributed by atoms with Crippen LogP contribution in [0.5, 0.6) is 0 Å². The molecule has 0 amide bonds. The molecule has 0 aliphatic carbocycles. The second kappa shape index (κ2) is 7.76. The highest BCUT2D eigenvalue weighted by atomic mass is 32.2. The van der Waals surface area contributed by atoms with Gasteiger partial charge in [-0.3, -0.25) is 4.90 Å². The molecule has 0 aromatic rings. The van der Waals surface area contributed by atoms with Gasteiger partial charge in [-0.05, 0) is 31.4 Å². The summed E-state index contributed by atoms with van der Waals surface area (Å²) in [4.78, 5) is 2.75. The van der Waals surface area contributed by atoms with Gasteiger partial charge in [0.1, 0.15) is 0 Å². The molecule has 1 atom stereocenters. The molecule has 0 saturated carbocycles. The Morgan fingerprint density at radius 1 is 1.33 bits per heavy atom. The third-order valence-corrected chi connectivity index (χ3v) is 5.01. The summed E-state index contributed by atoms with van der Waals surface area (Å²) in [5, 5.41) is 3.85. The van der Waals surface area contributed by atoms with Gasteiger partial charge in [-0.1, -0.05) is 27.7 Å². The van der Waals surface area contributed by atoms with E-state index in [0.29, 0.717) is 5.54 Å². The minimum Gasteiger partial charge on any atom is -0.308 e. The average Bonchev–Trinajstić information content (AvgIpc) is 2.37. The van der Waals surface area contributed by atoms with E-state index in [1.54, 1.807) is 0 Å². The van der Waals surface area contributed by atoms with Crippen molar-refractivity contribution in [3.8, 4) is 0 Å². The lowest BCUT2D eigenvalue weighted by Gasteiger charge is -2.48. The Morgan fingerprint density at radius 2 is 2.00 bits per heavy atom. The molecule has 1 aliphatic heterocycles. The Kier molecular flexibility index (Phi) is 7.04. The largest absolute Gasteiger partial charge is 0.308 e. The maximum Gasteiger partial charge on any atom is 0.0304 e. The summed E-state index contributed by atoms with van der Waals surface area (Å²) < 4.78 is 0. The summed E-state index contributed by atoms with van der Waals surface area (Å²) in [5.41, 5.74) is 0.367. The molecule has 0 spiro atoms. The van der Waals surface area contributed by atoms with Gasteiger partial charge in [0.2, 0.25) is 0 Å². The van der Waals surface area contributed by atoms with Crippen LogP contribution in [-0.2, 0) is 0 Å². The number of hydrogen-bond donors (Lipinski definition) is 1.